The van der Waals surface area contributed by atoms with E-state index < -0.39 is 12.0 Å². The van der Waals surface area contributed by atoms with E-state index in [9.17, 15) is 14.4 Å². The number of fused-ring (bicyclic) bond motifs is 1. The van der Waals surface area contributed by atoms with Crippen molar-refractivity contribution < 1.29 is 14.3 Å². The highest BCUT2D eigenvalue weighted by molar-refractivity contribution is 7.20. The number of amides is 1. The van der Waals surface area contributed by atoms with Crippen LogP contribution >= 0.6 is 11.3 Å². The molecule has 2 heterocycles. The molecule has 0 aliphatic heterocycles. The zero-order valence-electron chi connectivity index (χ0n) is 16.8. The summed E-state index contributed by atoms with van der Waals surface area (Å²) in [6, 6.07) is 6.68. The van der Waals surface area contributed by atoms with Crippen molar-refractivity contribution in [2.24, 2.45) is 0 Å². The lowest BCUT2D eigenvalue weighted by Gasteiger charge is -2.13. The molecule has 0 aliphatic rings. The van der Waals surface area contributed by atoms with Gasteiger partial charge in [-0.15, -0.1) is 11.3 Å². The highest BCUT2D eigenvalue weighted by Gasteiger charge is 2.23. The summed E-state index contributed by atoms with van der Waals surface area (Å²) in [4.78, 5) is 43.2. The Morgan fingerprint density at radius 1 is 1.28 bits per heavy atom. The number of esters is 1. The molecule has 0 bridgehead atoms. The van der Waals surface area contributed by atoms with E-state index in [1.165, 1.54) is 10.9 Å². The number of carbonyl (C=O) groups is 2. The summed E-state index contributed by atoms with van der Waals surface area (Å²) in [5, 5.41) is 3.24. The number of thiophene rings is 1. The van der Waals surface area contributed by atoms with E-state index in [0.29, 0.717) is 39.4 Å². The molecule has 0 saturated heterocycles. The van der Waals surface area contributed by atoms with Crippen LogP contribution in [0.15, 0.2) is 35.4 Å². The molecule has 0 aliphatic carbocycles. The molecular weight excluding hydrogens is 390 g/mol. The van der Waals surface area contributed by atoms with Gasteiger partial charge in [0.15, 0.2) is 0 Å². The second-order valence-corrected chi connectivity index (χ2v) is 7.80. The number of benzene rings is 1. The van der Waals surface area contributed by atoms with Crippen molar-refractivity contribution in [3.05, 3.63) is 57.0 Å². The highest BCUT2D eigenvalue weighted by Crippen LogP contribution is 2.28. The molecule has 0 unspecified atom stereocenters. The first-order valence-electron chi connectivity index (χ1n) is 9.39. The van der Waals surface area contributed by atoms with E-state index in [-0.39, 0.29) is 11.5 Å². The molecule has 1 amide bonds. The summed E-state index contributed by atoms with van der Waals surface area (Å²) in [5.74, 6) is -0.776. The van der Waals surface area contributed by atoms with Gasteiger partial charge in [-0.05, 0) is 44.4 Å². The number of para-hydroxylation sites is 1. The van der Waals surface area contributed by atoms with Crippen LogP contribution in [0.3, 0.4) is 0 Å². The topological polar surface area (TPSA) is 90.3 Å². The molecule has 1 aromatic carbocycles. The minimum absolute atomic E-state index is 0.291. The third-order valence-corrected chi connectivity index (χ3v) is 5.88. The molecule has 3 rings (SSSR count). The van der Waals surface area contributed by atoms with Crippen LogP contribution in [0, 0.1) is 13.8 Å². The molecule has 1 N–H and O–H groups in total. The number of aromatic nitrogens is 2. The predicted octanol–water partition coefficient (Wildman–Crippen LogP) is 3.84. The SMILES string of the molecule is CCCOC(=O)[C@H](C)n1cnc2sc(C(=O)Nc3ccccc3C)c(C)c2c1=O. The Hall–Kier alpha value is -3.00. The van der Waals surface area contributed by atoms with E-state index in [1.54, 1.807) is 13.8 Å². The van der Waals surface area contributed by atoms with Crippen molar-refractivity contribution in [1.29, 1.82) is 0 Å². The Balaban J connectivity index is 1.96. The van der Waals surface area contributed by atoms with Crippen molar-refractivity contribution in [2.75, 3.05) is 11.9 Å². The number of carbonyl (C=O) groups excluding carboxylic acids is 2. The van der Waals surface area contributed by atoms with Gasteiger partial charge in [-0.25, -0.2) is 9.78 Å². The Kier molecular flexibility index (Phi) is 6.12. The number of nitrogens with one attached hydrogen (secondary N) is 1. The van der Waals surface area contributed by atoms with Gasteiger partial charge in [0.25, 0.3) is 11.5 Å². The second-order valence-electron chi connectivity index (χ2n) is 6.81. The van der Waals surface area contributed by atoms with Gasteiger partial charge in [-0.2, -0.15) is 0 Å². The number of hydrogen-bond acceptors (Lipinski definition) is 6. The maximum absolute atomic E-state index is 13.0. The molecule has 7 nitrogen and oxygen atoms in total. The third-order valence-electron chi connectivity index (χ3n) is 4.68. The van der Waals surface area contributed by atoms with Crippen molar-refractivity contribution in [2.45, 2.75) is 40.2 Å². The molecule has 0 spiro atoms. The molecule has 0 radical (unpaired) electrons. The first kappa shape index (κ1) is 20.7. The third kappa shape index (κ3) is 4.07. The van der Waals surface area contributed by atoms with Gasteiger partial charge in [0.1, 0.15) is 10.9 Å². The van der Waals surface area contributed by atoms with Gasteiger partial charge in [-0.3, -0.25) is 14.2 Å². The fraction of sp³-hybridized carbons (Fsp3) is 0.333. The van der Waals surface area contributed by atoms with E-state index in [4.69, 9.17) is 4.74 Å². The summed E-state index contributed by atoms with van der Waals surface area (Å²) in [6.45, 7) is 7.43. The lowest BCUT2D eigenvalue weighted by Crippen LogP contribution is -2.29. The highest BCUT2D eigenvalue weighted by atomic mass is 32.1. The molecule has 0 saturated carbocycles. The van der Waals surface area contributed by atoms with Crippen LogP contribution in [0.1, 0.15) is 47.1 Å². The first-order valence-corrected chi connectivity index (χ1v) is 10.2. The van der Waals surface area contributed by atoms with Crippen LogP contribution in [0.4, 0.5) is 5.69 Å². The monoisotopic (exact) mass is 413 g/mol. The number of aryl methyl sites for hydroxylation is 2. The Morgan fingerprint density at radius 3 is 2.69 bits per heavy atom. The minimum Gasteiger partial charge on any atom is -0.464 e. The summed E-state index contributed by atoms with van der Waals surface area (Å²) in [5.41, 5.74) is 1.85. The number of hydrogen-bond donors (Lipinski definition) is 1. The minimum atomic E-state index is -0.797. The van der Waals surface area contributed by atoms with E-state index in [0.717, 1.165) is 16.9 Å². The summed E-state index contributed by atoms with van der Waals surface area (Å²) >= 11 is 1.16. The summed E-state index contributed by atoms with van der Waals surface area (Å²) in [6.07, 6.45) is 2.04. The predicted molar refractivity (Wildman–Crippen MR) is 114 cm³/mol. The number of rotatable bonds is 6. The Bertz CT molecular complexity index is 1130. The molecular formula is C21H23N3O4S. The van der Waals surface area contributed by atoms with Gasteiger partial charge >= 0.3 is 5.97 Å². The maximum Gasteiger partial charge on any atom is 0.328 e. The van der Waals surface area contributed by atoms with Crippen LogP contribution in [0.2, 0.25) is 0 Å². The lowest BCUT2D eigenvalue weighted by atomic mass is 10.1. The quantitative estimate of drug-likeness (QED) is 0.620. The van der Waals surface area contributed by atoms with Crippen LogP contribution in [0.25, 0.3) is 10.2 Å². The van der Waals surface area contributed by atoms with Crippen LogP contribution < -0.4 is 10.9 Å². The smallest absolute Gasteiger partial charge is 0.328 e. The fourth-order valence-corrected chi connectivity index (χ4v) is 3.99. The summed E-state index contributed by atoms with van der Waals surface area (Å²) in [7, 11) is 0. The number of anilines is 1. The van der Waals surface area contributed by atoms with Crippen LogP contribution in [-0.2, 0) is 9.53 Å². The van der Waals surface area contributed by atoms with E-state index in [1.807, 2.05) is 38.1 Å². The molecule has 2 aromatic heterocycles. The normalized spacial score (nSPS) is 12.0. The van der Waals surface area contributed by atoms with Gasteiger partial charge < -0.3 is 10.1 Å². The van der Waals surface area contributed by atoms with E-state index >= 15 is 0 Å². The lowest BCUT2D eigenvalue weighted by molar-refractivity contribution is -0.147. The first-order chi connectivity index (χ1) is 13.8. The second kappa shape index (κ2) is 8.57. The average Bonchev–Trinajstić information content (AvgIpc) is 3.05. The van der Waals surface area contributed by atoms with Crippen LogP contribution in [0.5, 0.6) is 0 Å². The molecule has 8 heteroatoms. The van der Waals surface area contributed by atoms with Crippen molar-refractivity contribution in [3.63, 3.8) is 0 Å². The van der Waals surface area contributed by atoms with Crippen molar-refractivity contribution in [1.82, 2.24) is 9.55 Å². The van der Waals surface area contributed by atoms with Crippen LogP contribution in [-0.4, -0.2) is 28.0 Å². The molecule has 152 valence electrons. The molecule has 0 fully saturated rings. The Labute approximate surface area is 172 Å². The fourth-order valence-electron chi connectivity index (χ4n) is 2.96. The van der Waals surface area contributed by atoms with Gasteiger partial charge in [-0.1, -0.05) is 25.1 Å². The zero-order valence-corrected chi connectivity index (χ0v) is 17.6. The summed E-state index contributed by atoms with van der Waals surface area (Å²) < 4.78 is 6.39. The largest absolute Gasteiger partial charge is 0.464 e. The van der Waals surface area contributed by atoms with Crippen molar-refractivity contribution in [3.8, 4) is 0 Å². The maximum atomic E-state index is 13.0. The zero-order chi connectivity index (χ0) is 21.1. The molecule has 3 aromatic rings. The van der Waals surface area contributed by atoms with Crippen molar-refractivity contribution >= 4 is 39.1 Å². The Morgan fingerprint density at radius 2 is 2.00 bits per heavy atom. The van der Waals surface area contributed by atoms with E-state index in [2.05, 4.69) is 10.3 Å². The standard InChI is InChI=1S/C21H23N3O4S/c1-5-10-28-21(27)14(4)24-11-22-19-16(20(24)26)13(3)17(29-19)18(25)23-15-9-7-6-8-12(15)2/h6-9,11,14H,5,10H2,1-4H3,(H,23,25)/t14-/m0/s1. The average molecular weight is 413 g/mol. The number of nitrogens with zero attached hydrogens (tertiary/aromatic N) is 2. The molecule has 29 heavy (non-hydrogen) atoms. The van der Waals surface area contributed by atoms with Gasteiger partial charge in [0.05, 0.1) is 23.2 Å². The van der Waals surface area contributed by atoms with Gasteiger partial charge in [0, 0.05) is 5.69 Å². The molecule has 1 atom stereocenters. The van der Waals surface area contributed by atoms with Gasteiger partial charge in [0.2, 0.25) is 0 Å². The number of ether oxygens (including phenoxy) is 1.